The molecule has 0 aromatic heterocycles. The largest absolute Gasteiger partial charge is 0.324 e. The van der Waals surface area contributed by atoms with E-state index in [1.165, 1.54) is 0 Å². The number of thioether (sulfide) groups is 1. The van der Waals surface area contributed by atoms with Crippen LogP contribution in [0.3, 0.4) is 0 Å². The highest BCUT2D eigenvalue weighted by molar-refractivity contribution is 8.00. The standard InChI is InChI=1S/C12H16N2S/c1-3-11(8-13)15-12-6-4-5-10(7-12)9(2)14/h4-7,9,11H,3,14H2,1-2H3. The number of nitrogens with two attached hydrogens (primary N) is 1. The Morgan fingerprint density at radius 1 is 1.53 bits per heavy atom. The molecule has 0 aliphatic rings. The summed E-state index contributed by atoms with van der Waals surface area (Å²) in [6, 6.07) is 10.4. The summed E-state index contributed by atoms with van der Waals surface area (Å²) >= 11 is 1.60. The molecular formula is C12H16N2S. The third-order valence-corrected chi connectivity index (χ3v) is 3.43. The monoisotopic (exact) mass is 220 g/mol. The smallest absolute Gasteiger partial charge is 0.0961 e. The van der Waals surface area contributed by atoms with Crippen molar-refractivity contribution in [3.8, 4) is 6.07 Å². The molecule has 0 aliphatic heterocycles. The van der Waals surface area contributed by atoms with E-state index in [-0.39, 0.29) is 11.3 Å². The summed E-state index contributed by atoms with van der Waals surface area (Å²) in [7, 11) is 0. The van der Waals surface area contributed by atoms with E-state index in [1.54, 1.807) is 11.8 Å². The maximum atomic E-state index is 8.87. The molecular weight excluding hydrogens is 204 g/mol. The minimum absolute atomic E-state index is 0.0355. The molecule has 2 N–H and O–H groups in total. The highest BCUT2D eigenvalue weighted by atomic mass is 32.2. The third kappa shape index (κ3) is 3.58. The number of hydrogen-bond donors (Lipinski definition) is 1. The highest BCUT2D eigenvalue weighted by Crippen LogP contribution is 2.26. The van der Waals surface area contributed by atoms with Gasteiger partial charge in [-0.2, -0.15) is 5.26 Å². The lowest BCUT2D eigenvalue weighted by Crippen LogP contribution is -2.04. The fraction of sp³-hybridized carbons (Fsp3) is 0.417. The minimum atomic E-state index is 0.0355. The zero-order valence-electron chi connectivity index (χ0n) is 9.10. The lowest BCUT2D eigenvalue weighted by Gasteiger charge is -2.09. The van der Waals surface area contributed by atoms with Crippen molar-refractivity contribution < 1.29 is 0 Å². The fourth-order valence-electron chi connectivity index (χ4n) is 1.24. The second-order valence-electron chi connectivity index (χ2n) is 3.51. The zero-order chi connectivity index (χ0) is 11.3. The predicted molar refractivity (Wildman–Crippen MR) is 64.6 cm³/mol. The van der Waals surface area contributed by atoms with Gasteiger partial charge in [0.15, 0.2) is 0 Å². The van der Waals surface area contributed by atoms with Gasteiger partial charge in [0.2, 0.25) is 0 Å². The number of rotatable bonds is 4. The molecule has 1 aromatic rings. The summed E-state index contributed by atoms with van der Waals surface area (Å²) in [5, 5.41) is 8.91. The van der Waals surface area contributed by atoms with Crippen LogP contribution in [0.1, 0.15) is 31.9 Å². The van der Waals surface area contributed by atoms with E-state index in [4.69, 9.17) is 11.0 Å². The molecule has 0 saturated carbocycles. The molecule has 1 aromatic carbocycles. The first-order chi connectivity index (χ1) is 7.17. The summed E-state index contributed by atoms with van der Waals surface area (Å²) in [6.07, 6.45) is 0.865. The number of nitriles is 1. The maximum absolute atomic E-state index is 8.87. The zero-order valence-corrected chi connectivity index (χ0v) is 9.92. The molecule has 0 amide bonds. The Morgan fingerprint density at radius 2 is 2.27 bits per heavy atom. The van der Waals surface area contributed by atoms with E-state index in [2.05, 4.69) is 12.1 Å². The van der Waals surface area contributed by atoms with Crippen LogP contribution < -0.4 is 5.73 Å². The van der Waals surface area contributed by atoms with Gasteiger partial charge in [0.05, 0.1) is 11.3 Å². The third-order valence-electron chi connectivity index (χ3n) is 2.18. The van der Waals surface area contributed by atoms with Crippen LogP contribution in [0.4, 0.5) is 0 Å². The van der Waals surface area contributed by atoms with Crippen LogP contribution in [0.5, 0.6) is 0 Å². The highest BCUT2D eigenvalue weighted by Gasteiger charge is 2.07. The fourth-order valence-corrected chi connectivity index (χ4v) is 2.15. The maximum Gasteiger partial charge on any atom is 0.0961 e. The molecule has 1 rings (SSSR count). The first-order valence-electron chi connectivity index (χ1n) is 5.09. The Kier molecular flexibility index (Phi) is 4.67. The Bertz CT molecular complexity index is 355. The molecule has 0 aliphatic carbocycles. The van der Waals surface area contributed by atoms with Crippen LogP contribution in [0, 0.1) is 11.3 Å². The van der Waals surface area contributed by atoms with Gasteiger partial charge in [0.25, 0.3) is 0 Å². The Hall–Kier alpha value is -0.980. The first-order valence-corrected chi connectivity index (χ1v) is 5.97. The Morgan fingerprint density at radius 3 is 2.80 bits per heavy atom. The first kappa shape index (κ1) is 12.1. The van der Waals surface area contributed by atoms with Crippen LogP contribution >= 0.6 is 11.8 Å². The van der Waals surface area contributed by atoms with Crippen molar-refractivity contribution in [1.29, 1.82) is 5.26 Å². The van der Waals surface area contributed by atoms with E-state index < -0.39 is 0 Å². The van der Waals surface area contributed by atoms with E-state index in [0.717, 1.165) is 16.9 Å². The average Bonchev–Trinajstić information content (AvgIpc) is 2.26. The summed E-state index contributed by atoms with van der Waals surface area (Å²) in [5.41, 5.74) is 6.92. The van der Waals surface area contributed by atoms with E-state index >= 15 is 0 Å². The predicted octanol–water partition coefficient (Wildman–Crippen LogP) is 3.10. The molecule has 2 unspecified atom stereocenters. The molecule has 0 bridgehead atoms. The van der Waals surface area contributed by atoms with Crippen molar-refractivity contribution in [2.75, 3.05) is 0 Å². The molecule has 0 spiro atoms. The van der Waals surface area contributed by atoms with Crippen molar-refractivity contribution in [2.45, 2.75) is 36.5 Å². The normalized spacial score (nSPS) is 14.3. The van der Waals surface area contributed by atoms with Gasteiger partial charge in [0, 0.05) is 10.9 Å². The summed E-state index contributed by atoms with van der Waals surface area (Å²) in [6.45, 7) is 3.99. The SMILES string of the molecule is CCC(C#N)Sc1cccc(C(C)N)c1. The van der Waals surface area contributed by atoms with Crippen molar-refractivity contribution in [3.05, 3.63) is 29.8 Å². The van der Waals surface area contributed by atoms with Crippen LogP contribution in [-0.4, -0.2) is 5.25 Å². The number of nitrogens with zero attached hydrogens (tertiary/aromatic N) is 1. The molecule has 0 fully saturated rings. The quantitative estimate of drug-likeness (QED) is 0.793. The lowest BCUT2D eigenvalue weighted by atomic mass is 10.1. The van der Waals surface area contributed by atoms with Crippen molar-refractivity contribution >= 4 is 11.8 Å². The van der Waals surface area contributed by atoms with Gasteiger partial charge in [0.1, 0.15) is 0 Å². The van der Waals surface area contributed by atoms with Crippen LogP contribution in [0.25, 0.3) is 0 Å². The molecule has 0 radical (unpaired) electrons. The second-order valence-corrected chi connectivity index (χ2v) is 4.78. The number of hydrogen-bond acceptors (Lipinski definition) is 3. The Balaban J connectivity index is 2.78. The molecule has 15 heavy (non-hydrogen) atoms. The summed E-state index contributed by atoms with van der Waals surface area (Å²) < 4.78 is 0. The number of benzene rings is 1. The van der Waals surface area contributed by atoms with Crippen molar-refractivity contribution in [1.82, 2.24) is 0 Å². The van der Waals surface area contributed by atoms with E-state index in [9.17, 15) is 0 Å². The van der Waals surface area contributed by atoms with Gasteiger partial charge in [-0.3, -0.25) is 0 Å². The molecule has 80 valence electrons. The van der Waals surface area contributed by atoms with Crippen molar-refractivity contribution in [3.63, 3.8) is 0 Å². The lowest BCUT2D eigenvalue weighted by molar-refractivity contribution is 0.814. The van der Waals surface area contributed by atoms with Gasteiger partial charge in [-0.25, -0.2) is 0 Å². The topological polar surface area (TPSA) is 49.8 Å². The van der Waals surface area contributed by atoms with Crippen LogP contribution in [-0.2, 0) is 0 Å². The second kappa shape index (κ2) is 5.79. The van der Waals surface area contributed by atoms with Gasteiger partial charge in [-0.15, -0.1) is 11.8 Å². The van der Waals surface area contributed by atoms with Gasteiger partial charge in [-0.05, 0) is 31.0 Å². The van der Waals surface area contributed by atoms with Gasteiger partial charge >= 0.3 is 0 Å². The van der Waals surface area contributed by atoms with Crippen LogP contribution in [0.2, 0.25) is 0 Å². The van der Waals surface area contributed by atoms with Gasteiger partial charge < -0.3 is 5.73 Å². The molecule has 2 nitrogen and oxygen atoms in total. The average molecular weight is 220 g/mol. The molecule has 0 saturated heterocycles. The molecule has 3 heteroatoms. The summed E-state index contributed by atoms with van der Waals surface area (Å²) in [4.78, 5) is 1.12. The van der Waals surface area contributed by atoms with Crippen molar-refractivity contribution in [2.24, 2.45) is 5.73 Å². The molecule has 0 heterocycles. The van der Waals surface area contributed by atoms with E-state index in [0.29, 0.717) is 0 Å². The molecule has 2 atom stereocenters. The Labute approximate surface area is 95.5 Å². The van der Waals surface area contributed by atoms with E-state index in [1.807, 2.05) is 32.0 Å². The minimum Gasteiger partial charge on any atom is -0.324 e. The summed E-state index contributed by atoms with van der Waals surface area (Å²) in [5.74, 6) is 0. The van der Waals surface area contributed by atoms with Crippen LogP contribution in [0.15, 0.2) is 29.2 Å². The van der Waals surface area contributed by atoms with Gasteiger partial charge in [-0.1, -0.05) is 19.1 Å².